The molecule has 0 bridgehead atoms. The van der Waals surface area contributed by atoms with Crippen molar-refractivity contribution in [2.45, 2.75) is 32.8 Å². The van der Waals surface area contributed by atoms with Crippen molar-refractivity contribution in [2.75, 3.05) is 39.5 Å². The summed E-state index contributed by atoms with van der Waals surface area (Å²) in [6.45, 7) is 10.7. The van der Waals surface area contributed by atoms with Gasteiger partial charge in [0.05, 0.1) is 13.2 Å². The van der Waals surface area contributed by atoms with E-state index in [4.69, 9.17) is 9.47 Å². The van der Waals surface area contributed by atoms with Crippen molar-refractivity contribution in [3.63, 3.8) is 0 Å². The Morgan fingerprint density at radius 2 is 1.95 bits per heavy atom. The summed E-state index contributed by atoms with van der Waals surface area (Å²) < 4.78 is 11.0. The molecule has 1 aromatic rings. The highest BCUT2D eigenvalue weighted by Gasteiger charge is 2.15. The maximum Gasteiger partial charge on any atom is 0.119 e. The van der Waals surface area contributed by atoms with Gasteiger partial charge in [-0.15, -0.1) is 0 Å². The first-order valence-electron chi connectivity index (χ1n) is 7.77. The molecule has 0 amide bonds. The number of rotatable bonds is 6. The summed E-state index contributed by atoms with van der Waals surface area (Å²) in [6.07, 6.45) is -0.465. The Bertz CT molecular complexity index is 448. The van der Waals surface area contributed by atoms with Gasteiger partial charge in [0.15, 0.2) is 0 Å². The zero-order valence-electron chi connectivity index (χ0n) is 13.7. The fourth-order valence-electron chi connectivity index (χ4n) is 2.71. The predicted octanol–water partition coefficient (Wildman–Crippen LogP) is -0.806. The van der Waals surface area contributed by atoms with Crippen molar-refractivity contribution in [3.05, 3.63) is 29.3 Å². The highest BCUT2D eigenvalue weighted by molar-refractivity contribution is 5.36. The SMILES string of the molecule is Cc1cc(OCC(O)CN2CCOCC2)ccc1C(C)C.[Cl-]. The molecule has 1 atom stereocenters. The van der Waals surface area contributed by atoms with Crippen molar-refractivity contribution < 1.29 is 27.0 Å². The molecule has 0 saturated carbocycles. The lowest BCUT2D eigenvalue weighted by Gasteiger charge is -2.28. The highest BCUT2D eigenvalue weighted by Crippen LogP contribution is 2.23. The van der Waals surface area contributed by atoms with E-state index in [9.17, 15) is 5.11 Å². The zero-order valence-corrected chi connectivity index (χ0v) is 14.5. The van der Waals surface area contributed by atoms with Crippen LogP contribution >= 0.6 is 0 Å². The molecule has 1 aliphatic rings. The number of nitrogens with zero attached hydrogens (tertiary/aromatic N) is 1. The number of hydrogen-bond donors (Lipinski definition) is 1. The number of ether oxygens (including phenoxy) is 2. The van der Waals surface area contributed by atoms with Gasteiger partial charge in [-0.1, -0.05) is 19.9 Å². The van der Waals surface area contributed by atoms with Crippen LogP contribution in [0.5, 0.6) is 5.75 Å². The van der Waals surface area contributed by atoms with Crippen LogP contribution in [0.2, 0.25) is 0 Å². The largest absolute Gasteiger partial charge is 1.00 e. The zero-order chi connectivity index (χ0) is 15.2. The van der Waals surface area contributed by atoms with Gasteiger partial charge >= 0.3 is 0 Å². The van der Waals surface area contributed by atoms with Crippen LogP contribution in [0.3, 0.4) is 0 Å². The van der Waals surface area contributed by atoms with Crippen molar-refractivity contribution in [1.82, 2.24) is 4.90 Å². The Hall–Kier alpha value is -0.810. The third-order valence-corrected chi connectivity index (χ3v) is 3.88. The highest BCUT2D eigenvalue weighted by atomic mass is 35.5. The van der Waals surface area contributed by atoms with E-state index in [1.54, 1.807) is 0 Å². The predicted molar refractivity (Wildman–Crippen MR) is 84.0 cm³/mol. The molecule has 1 N–H and O–H groups in total. The number of aryl methyl sites for hydroxylation is 1. The second-order valence-corrected chi connectivity index (χ2v) is 6.05. The lowest BCUT2D eigenvalue weighted by Crippen LogP contribution is -3.00. The Labute approximate surface area is 139 Å². The summed E-state index contributed by atoms with van der Waals surface area (Å²) in [5, 5.41) is 10.1. The lowest BCUT2D eigenvalue weighted by atomic mass is 9.98. The van der Waals surface area contributed by atoms with Crippen LogP contribution in [0, 0.1) is 6.92 Å². The molecule has 1 aromatic carbocycles. The average molecular weight is 329 g/mol. The van der Waals surface area contributed by atoms with Crippen LogP contribution in [0.25, 0.3) is 0 Å². The minimum atomic E-state index is -0.465. The van der Waals surface area contributed by atoms with Crippen molar-refractivity contribution in [2.24, 2.45) is 0 Å². The third kappa shape index (κ3) is 5.76. The average Bonchev–Trinajstić information content (AvgIpc) is 2.46. The molecule has 0 aromatic heterocycles. The molecule has 126 valence electrons. The van der Waals surface area contributed by atoms with Crippen molar-refractivity contribution >= 4 is 0 Å². The summed E-state index contributed by atoms with van der Waals surface area (Å²) in [7, 11) is 0. The molecule has 1 fully saturated rings. The number of hydrogen-bond acceptors (Lipinski definition) is 4. The monoisotopic (exact) mass is 328 g/mol. The van der Waals surface area contributed by atoms with Gasteiger partial charge in [0.1, 0.15) is 18.5 Å². The van der Waals surface area contributed by atoms with E-state index in [1.807, 2.05) is 6.07 Å². The van der Waals surface area contributed by atoms with Crippen LogP contribution in [-0.4, -0.2) is 55.6 Å². The van der Waals surface area contributed by atoms with Crippen LogP contribution < -0.4 is 17.1 Å². The summed E-state index contributed by atoms with van der Waals surface area (Å²) in [6, 6.07) is 6.16. The molecule has 22 heavy (non-hydrogen) atoms. The number of morpholine rings is 1. The molecule has 5 heteroatoms. The van der Waals surface area contributed by atoms with Crippen LogP contribution in [-0.2, 0) is 4.74 Å². The molecule has 1 heterocycles. The minimum absolute atomic E-state index is 0. The van der Waals surface area contributed by atoms with E-state index in [0.717, 1.165) is 32.1 Å². The van der Waals surface area contributed by atoms with E-state index >= 15 is 0 Å². The van der Waals surface area contributed by atoms with Gasteiger partial charge in [-0.25, -0.2) is 0 Å². The smallest absolute Gasteiger partial charge is 0.119 e. The lowest BCUT2D eigenvalue weighted by molar-refractivity contribution is -0.0000338. The van der Waals surface area contributed by atoms with Gasteiger partial charge in [-0.05, 0) is 36.1 Å². The second-order valence-electron chi connectivity index (χ2n) is 6.05. The first-order valence-corrected chi connectivity index (χ1v) is 7.77. The maximum absolute atomic E-state index is 10.1. The van der Waals surface area contributed by atoms with Gasteiger partial charge < -0.3 is 27.0 Å². The van der Waals surface area contributed by atoms with Crippen molar-refractivity contribution in [1.29, 1.82) is 0 Å². The van der Waals surface area contributed by atoms with Crippen molar-refractivity contribution in [3.8, 4) is 5.75 Å². The third-order valence-electron chi connectivity index (χ3n) is 3.88. The van der Waals surface area contributed by atoms with Gasteiger partial charge in [0.2, 0.25) is 0 Å². The summed E-state index contributed by atoms with van der Waals surface area (Å²) in [4.78, 5) is 2.21. The summed E-state index contributed by atoms with van der Waals surface area (Å²) >= 11 is 0. The van der Waals surface area contributed by atoms with E-state index in [0.29, 0.717) is 19.1 Å². The first-order chi connectivity index (χ1) is 10.1. The number of β-amino-alcohol motifs (C(OH)–C–C–N with tert-alkyl or cyclic N) is 1. The Balaban J connectivity index is 0.00000242. The van der Waals surface area contributed by atoms with Gasteiger partial charge in [-0.3, -0.25) is 4.90 Å². The molecule has 1 saturated heterocycles. The topological polar surface area (TPSA) is 41.9 Å². The number of aliphatic hydroxyl groups is 1. The van der Waals surface area contributed by atoms with E-state index in [-0.39, 0.29) is 12.4 Å². The van der Waals surface area contributed by atoms with Crippen LogP contribution in [0.1, 0.15) is 30.9 Å². The maximum atomic E-state index is 10.1. The fraction of sp³-hybridized carbons (Fsp3) is 0.647. The van der Waals surface area contributed by atoms with Gasteiger partial charge in [0, 0.05) is 19.6 Å². The fourth-order valence-corrected chi connectivity index (χ4v) is 2.71. The van der Waals surface area contributed by atoms with Gasteiger partial charge in [0.25, 0.3) is 0 Å². The van der Waals surface area contributed by atoms with E-state index in [2.05, 4.69) is 37.8 Å². The number of benzene rings is 1. The molecular formula is C17H27ClNO3-. The van der Waals surface area contributed by atoms with Gasteiger partial charge in [-0.2, -0.15) is 0 Å². The van der Waals surface area contributed by atoms with E-state index < -0.39 is 6.10 Å². The van der Waals surface area contributed by atoms with Crippen LogP contribution in [0.4, 0.5) is 0 Å². The quantitative estimate of drug-likeness (QED) is 0.742. The summed E-state index contributed by atoms with van der Waals surface area (Å²) in [5.41, 5.74) is 2.58. The normalized spacial score (nSPS) is 17.1. The Kier molecular flexibility index (Phi) is 8.18. The molecule has 0 aliphatic carbocycles. The number of halogens is 1. The second kappa shape index (κ2) is 9.36. The Morgan fingerprint density at radius 1 is 1.27 bits per heavy atom. The molecule has 1 unspecified atom stereocenters. The molecule has 0 spiro atoms. The number of aliphatic hydroxyl groups excluding tert-OH is 1. The molecule has 4 nitrogen and oxygen atoms in total. The van der Waals surface area contributed by atoms with Crippen LogP contribution in [0.15, 0.2) is 18.2 Å². The molecule has 1 aliphatic heterocycles. The standard InChI is InChI=1S/C17H27NO3.ClH/c1-13(2)17-5-4-16(10-14(17)3)21-12-15(19)11-18-6-8-20-9-7-18;/h4-5,10,13,15,19H,6-9,11-12H2,1-3H3;1H/p-1. The Morgan fingerprint density at radius 3 is 2.55 bits per heavy atom. The summed E-state index contributed by atoms with van der Waals surface area (Å²) in [5.74, 6) is 1.35. The molecular weight excluding hydrogens is 302 g/mol. The molecule has 0 radical (unpaired) electrons. The van der Waals surface area contributed by atoms with E-state index in [1.165, 1.54) is 11.1 Å². The minimum Gasteiger partial charge on any atom is -1.00 e. The first kappa shape index (κ1) is 19.2. The molecule has 2 rings (SSSR count).